The molecular weight excluding hydrogens is 361 g/mol. The number of allylic oxidation sites excluding steroid dienone is 1. The summed E-state index contributed by atoms with van der Waals surface area (Å²) in [5.41, 5.74) is 2.82. The minimum atomic E-state index is 0.0221. The van der Waals surface area contributed by atoms with Gasteiger partial charge in [0, 0.05) is 28.9 Å². The van der Waals surface area contributed by atoms with E-state index in [4.69, 9.17) is 0 Å². The lowest BCUT2D eigenvalue weighted by Gasteiger charge is -2.11. The number of halogens is 1. The summed E-state index contributed by atoms with van der Waals surface area (Å²) in [5.74, 6) is 0.0221. The van der Waals surface area contributed by atoms with E-state index in [0.29, 0.717) is 5.56 Å². The van der Waals surface area contributed by atoms with Crippen LogP contribution >= 0.6 is 22.6 Å². The first-order chi connectivity index (χ1) is 9.56. The average Bonchev–Trinajstić information content (AvgIpc) is 2.46. The predicted molar refractivity (Wildman–Crippen MR) is 93.3 cm³/mol. The molecule has 0 amide bonds. The van der Waals surface area contributed by atoms with Crippen molar-refractivity contribution in [3.8, 4) is 0 Å². The van der Waals surface area contributed by atoms with Crippen molar-refractivity contribution in [1.29, 1.82) is 0 Å². The number of rotatable bonds is 4. The van der Waals surface area contributed by atoms with Crippen LogP contribution in [0.15, 0.2) is 54.6 Å². The number of nitrogens with zero attached hydrogens (tertiary/aromatic N) is 1. The second-order valence-electron chi connectivity index (χ2n) is 4.69. The molecule has 2 nitrogen and oxygen atoms in total. The molecule has 0 saturated heterocycles. The molecule has 0 N–H and O–H groups in total. The van der Waals surface area contributed by atoms with Gasteiger partial charge in [-0.2, -0.15) is 0 Å². The predicted octanol–water partition coefficient (Wildman–Crippen LogP) is 4.25. The average molecular weight is 377 g/mol. The van der Waals surface area contributed by atoms with E-state index < -0.39 is 0 Å². The van der Waals surface area contributed by atoms with Gasteiger partial charge < -0.3 is 4.90 Å². The zero-order valence-electron chi connectivity index (χ0n) is 11.5. The molecule has 102 valence electrons. The molecule has 0 saturated carbocycles. The van der Waals surface area contributed by atoms with Gasteiger partial charge >= 0.3 is 0 Å². The SMILES string of the molecule is CN(C)c1ccc(C(=O)/C=C/c2ccc(I)cc2)cc1. The van der Waals surface area contributed by atoms with Crippen LogP contribution in [0.1, 0.15) is 15.9 Å². The molecule has 2 aromatic rings. The monoisotopic (exact) mass is 377 g/mol. The summed E-state index contributed by atoms with van der Waals surface area (Å²) in [6, 6.07) is 15.7. The summed E-state index contributed by atoms with van der Waals surface area (Å²) in [6.07, 6.45) is 3.46. The summed E-state index contributed by atoms with van der Waals surface area (Å²) < 4.78 is 1.19. The van der Waals surface area contributed by atoms with Crippen molar-refractivity contribution < 1.29 is 4.79 Å². The molecule has 0 aliphatic carbocycles. The van der Waals surface area contributed by atoms with Crippen molar-refractivity contribution in [2.75, 3.05) is 19.0 Å². The van der Waals surface area contributed by atoms with Crippen LogP contribution in [0.2, 0.25) is 0 Å². The van der Waals surface area contributed by atoms with Gasteiger partial charge in [-0.25, -0.2) is 0 Å². The fourth-order valence-corrected chi connectivity index (χ4v) is 2.13. The molecular formula is C17H16INO. The molecule has 0 atom stereocenters. The van der Waals surface area contributed by atoms with E-state index in [0.717, 1.165) is 11.3 Å². The van der Waals surface area contributed by atoms with Gasteiger partial charge in [-0.05, 0) is 70.6 Å². The Balaban J connectivity index is 2.09. The van der Waals surface area contributed by atoms with Crippen LogP contribution in [0.4, 0.5) is 5.69 Å². The Bertz CT molecular complexity index is 612. The zero-order chi connectivity index (χ0) is 14.5. The fraction of sp³-hybridized carbons (Fsp3) is 0.118. The molecule has 2 aromatic carbocycles. The Morgan fingerprint density at radius 3 is 2.15 bits per heavy atom. The molecule has 3 heteroatoms. The number of carbonyl (C=O) groups excluding carboxylic acids is 1. The van der Waals surface area contributed by atoms with Gasteiger partial charge in [0.05, 0.1) is 0 Å². The molecule has 0 radical (unpaired) electrons. The first kappa shape index (κ1) is 14.8. The van der Waals surface area contributed by atoms with Gasteiger partial charge in [0.2, 0.25) is 0 Å². The van der Waals surface area contributed by atoms with Gasteiger partial charge in [-0.15, -0.1) is 0 Å². The zero-order valence-corrected chi connectivity index (χ0v) is 13.7. The van der Waals surface area contributed by atoms with Crippen LogP contribution in [0, 0.1) is 3.57 Å². The van der Waals surface area contributed by atoms with Crippen molar-refractivity contribution in [2.24, 2.45) is 0 Å². The summed E-state index contributed by atoms with van der Waals surface area (Å²) in [7, 11) is 3.96. The summed E-state index contributed by atoms with van der Waals surface area (Å²) in [4.78, 5) is 14.1. The number of ketones is 1. The van der Waals surface area contributed by atoms with Gasteiger partial charge in [0.25, 0.3) is 0 Å². The summed E-state index contributed by atoms with van der Waals surface area (Å²) in [6.45, 7) is 0. The quantitative estimate of drug-likeness (QED) is 0.451. The van der Waals surface area contributed by atoms with E-state index in [-0.39, 0.29) is 5.78 Å². The third kappa shape index (κ3) is 3.93. The van der Waals surface area contributed by atoms with Crippen molar-refractivity contribution >= 4 is 40.1 Å². The molecule has 0 aliphatic rings. The van der Waals surface area contributed by atoms with E-state index in [1.54, 1.807) is 6.08 Å². The summed E-state index contributed by atoms with van der Waals surface area (Å²) >= 11 is 2.26. The maximum absolute atomic E-state index is 12.1. The van der Waals surface area contributed by atoms with Gasteiger partial charge in [-0.3, -0.25) is 4.79 Å². The topological polar surface area (TPSA) is 20.3 Å². The second kappa shape index (κ2) is 6.70. The van der Waals surface area contributed by atoms with E-state index in [9.17, 15) is 4.79 Å². The van der Waals surface area contributed by atoms with Gasteiger partial charge in [0.1, 0.15) is 0 Å². The molecule has 20 heavy (non-hydrogen) atoms. The van der Waals surface area contributed by atoms with E-state index in [2.05, 4.69) is 22.6 Å². The number of benzene rings is 2. The van der Waals surface area contributed by atoms with Gasteiger partial charge in [-0.1, -0.05) is 18.2 Å². The molecule has 0 aliphatic heterocycles. The van der Waals surface area contributed by atoms with E-state index >= 15 is 0 Å². The summed E-state index contributed by atoms with van der Waals surface area (Å²) in [5, 5.41) is 0. The highest BCUT2D eigenvalue weighted by molar-refractivity contribution is 14.1. The molecule has 0 aromatic heterocycles. The number of hydrogen-bond donors (Lipinski definition) is 0. The van der Waals surface area contributed by atoms with Crippen LogP contribution in [0.25, 0.3) is 6.08 Å². The third-order valence-electron chi connectivity index (χ3n) is 2.97. The largest absolute Gasteiger partial charge is 0.378 e. The normalized spacial score (nSPS) is 10.8. The third-order valence-corrected chi connectivity index (χ3v) is 3.68. The molecule has 0 spiro atoms. The van der Waals surface area contributed by atoms with E-state index in [1.807, 2.05) is 73.6 Å². The van der Waals surface area contributed by atoms with Crippen LogP contribution in [0.3, 0.4) is 0 Å². The highest BCUT2D eigenvalue weighted by atomic mass is 127. The lowest BCUT2D eigenvalue weighted by molar-refractivity contribution is 0.104. The molecule has 0 fully saturated rings. The Morgan fingerprint density at radius 2 is 1.60 bits per heavy atom. The first-order valence-corrected chi connectivity index (χ1v) is 7.39. The lowest BCUT2D eigenvalue weighted by atomic mass is 10.1. The molecule has 0 bridgehead atoms. The minimum Gasteiger partial charge on any atom is -0.378 e. The minimum absolute atomic E-state index is 0.0221. The Labute approximate surface area is 133 Å². The molecule has 2 rings (SSSR count). The Morgan fingerprint density at radius 1 is 1.00 bits per heavy atom. The highest BCUT2D eigenvalue weighted by Gasteiger charge is 2.02. The van der Waals surface area contributed by atoms with Gasteiger partial charge in [0.15, 0.2) is 5.78 Å². The van der Waals surface area contributed by atoms with E-state index in [1.165, 1.54) is 3.57 Å². The van der Waals surface area contributed by atoms with Crippen molar-refractivity contribution in [1.82, 2.24) is 0 Å². The van der Waals surface area contributed by atoms with Crippen LogP contribution in [0.5, 0.6) is 0 Å². The first-order valence-electron chi connectivity index (χ1n) is 6.31. The van der Waals surface area contributed by atoms with Crippen molar-refractivity contribution in [2.45, 2.75) is 0 Å². The maximum atomic E-state index is 12.1. The second-order valence-corrected chi connectivity index (χ2v) is 5.94. The number of carbonyl (C=O) groups is 1. The van der Waals surface area contributed by atoms with Crippen molar-refractivity contribution in [3.63, 3.8) is 0 Å². The highest BCUT2D eigenvalue weighted by Crippen LogP contribution is 2.14. The van der Waals surface area contributed by atoms with Crippen LogP contribution in [-0.4, -0.2) is 19.9 Å². The fourth-order valence-electron chi connectivity index (χ4n) is 1.77. The Hall–Kier alpha value is -1.62. The van der Waals surface area contributed by atoms with Crippen LogP contribution < -0.4 is 4.90 Å². The lowest BCUT2D eigenvalue weighted by Crippen LogP contribution is -2.08. The maximum Gasteiger partial charge on any atom is 0.185 e. The molecule has 0 unspecified atom stereocenters. The Kier molecular flexibility index (Phi) is 4.95. The standard InChI is InChI=1S/C17H16INO/c1-19(2)16-10-6-14(7-11-16)17(20)12-5-13-3-8-15(18)9-4-13/h3-12H,1-2H3/b12-5+. The van der Waals surface area contributed by atoms with Crippen LogP contribution in [-0.2, 0) is 0 Å². The smallest absolute Gasteiger partial charge is 0.185 e. The molecule has 0 heterocycles. The number of anilines is 1. The number of hydrogen-bond acceptors (Lipinski definition) is 2. The van der Waals surface area contributed by atoms with Crippen molar-refractivity contribution in [3.05, 3.63) is 69.3 Å².